The summed E-state index contributed by atoms with van der Waals surface area (Å²) >= 11 is 12.9. The van der Waals surface area contributed by atoms with Crippen LogP contribution >= 0.6 is 23.2 Å². The van der Waals surface area contributed by atoms with Crippen LogP contribution in [0.4, 0.5) is 0 Å². The number of nitrogens with one attached hydrogen (secondary N) is 2. The summed E-state index contributed by atoms with van der Waals surface area (Å²) < 4.78 is 12.4. The predicted octanol–water partition coefficient (Wildman–Crippen LogP) is 6.04. The Balaban J connectivity index is 1.82. The number of hydrogen-bond acceptors (Lipinski definition) is 3. The molecule has 30 heavy (non-hydrogen) atoms. The monoisotopic (exact) mass is 470 g/mol. The molecular formula is C22H32Cl2N2O3Si. The zero-order chi connectivity index (χ0) is 22.3. The van der Waals surface area contributed by atoms with Crippen molar-refractivity contribution >= 4 is 48.3 Å². The summed E-state index contributed by atoms with van der Waals surface area (Å²) in [4.78, 5) is 15.8. The van der Waals surface area contributed by atoms with Crippen molar-refractivity contribution in [2.75, 3.05) is 19.8 Å². The number of amides is 1. The Labute approximate surface area is 189 Å². The Kier molecular flexibility index (Phi) is 6.82. The normalized spacial score (nSPS) is 17.6. The molecule has 0 radical (unpaired) electrons. The Bertz CT molecular complexity index is 950. The maximum Gasteiger partial charge on any atom is 0.227 e. The first-order chi connectivity index (χ1) is 13.9. The molecule has 0 saturated heterocycles. The average Bonchev–Trinajstić information content (AvgIpc) is 2.97. The summed E-state index contributed by atoms with van der Waals surface area (Å²) in [6.07, 6.45) is 1.49. The second-order valence-electron chi connectivity index (χ2n) is 9.51. The number of fused-ring (bicyclic) bond motifs is 3. The predicted molar refractivity (Wildman–Crippen MR) is 127 cm³/mol. The molecule has 1 aromatic heterocycles. The van der Waals surface area contributed by atoms with E-state index in [4.69, 9.17) is 32.4 Å². The minimum atomic E-state index is -1.77. The van der Waals surface area contributed by atoms with Gasteiger partial charge in [0.15, 0.2) is 8.32 Å². The number of rotatable bonds is 6. The van der Waals surface area contributed by atoms with Crippen molar-refractivity contribution in [2.24, 2.45) is 0 Å². The fourth-order valence-corrected chi connectivity index (χ4v) is 5.00. The number of H-pyrrole nitrogens is 1. The molecule has 1 aliphatic rings. The molecule has 0 saturated carbocycles. The molecule has 0 bridgehead atoms. The number of carbonyl (C=O) groups excluding carboxylic acids is 1. The van der Waals surface area contributed by atoms with E-state index in [1.54, 1.807) is 6.07 Å². The lowest BCUT2D eigenvalue weighted by Crippen LogP contribution is -2.41. The number of hydrogen-bond donors (Lipinski definition) is 2. The molecule has 8 heteroatoms. The van der Waals surface area contributed by atoms with Crippen LogP contribution in [0.25, 0.3) is 10.9 Å². The molecule has 0 spiro atoms. The van der Waals surface area contributed by atoms with Gasteiger partial charge < -0.3 is 19.5 Å². The second-order valence-corrected chi connectivity index (χ2v) is 15.1. The van der Waals surface area contributed by atoms with E-state index in [-0.39, 0.29) is 16.9 Å². The number of halogens is 2. The van der Waals surface area contributed by atoms with E-state index in [1.165, 1.54) is 0 Å². The summed E-state index contributed by atoms with van der Waals surface area (Å²) in [7, 11) is -1.77. The summed E-state index contributed by atoms with van der Waals surface area (Å²) in [6.45, 7) is 14.9. The Morgan fingerprint density at radius 2 is 1.93 bits per heavy atom. The van der Waals surface area contributed by atoms with E-state index < -0.39 is 8.32 Å². The Hall–Kier alpha value is -1.21. The Morgan fingerprint density at radius 3 is 2.60 bits per heavy atom. The van der Waals surface area contributed by atoms with Gasteiger partial charge in [-0.15, -0.1) is 0 Å². The molecule has 2 N–H and O–H groups in total. The lowest BCUT2D eigenvalue weighted by molar-refractivity contribution is -0.121. The molecule has 1 atom stereocenters. The first-order valence-corrected chi connectivity index (χ1v) is 14.2. The van der Waals surface area contributed by atoms with Gasteiger partial charge in [-0.1, -0.05) is 44.0 Å². The van der Waals surface area contributed by atoms with Crippen molar-refractivity contribution in [2.45, 2.75) is 64.6 Å². The van der Waals surface area contributed by atoms with Crippen molar-refractivity contribution in [3.63, 3.8) is 0 Å². The number of carbonyl (C=O) groups is 1. The summed E-state index contributed by atoms with van der Waals surface area (Å²) in [6, 6.07) is 1.75. The van der Waals surface area contributed by atoms with E-state index in [0.717, 1.165) is 28.6 Å². The first kappa shape index (κ1) is 23.5. The third kappa shape index (κ3) is 4.52. The molecule has 5 nitrogen and oxygen atoms in total. The summed E-state index contributed by atoms with van der Waals surface area (Å²) in [5.41, 5.74) is 2.69. The standard InChI is InChI=1S/C22H32Cl2N2O3Si/c1-13-17-15(8-9-25-21(13)27)26-20-18(17)16(12-14(23)19(20)24)28-10-7-11-29-30(5,6)22(2,3)4/h12-13,26H,7-11H2,1-6H3,(H,25,27). The van der Waals surface area contributed by atoms with Crippen molar-refractivity contribution in [3.8, 4) is 5.75 Å². The van der Waals surface area contributed by atoms with Crippen molar-refractivity contribution in [1.82, 2.24) is 10.3 Å². The fraction of sp³-hybridized carbons (Fsp3) is 0.591. The number of ether oxygens (including phenoxy) is 1. The SMILES string of the molecule is CC1C(=O)NCCc2[nH]c3c(Cl)c(Cl)cc(OCCCO[Si](C)(C)C(C)(C)C)c3c21. The molecule has 166 valence electrons. The average molecular weight is 472 g/mol. The maximum absolute atomic E-state index is 12.4. The first-order valence-electron chi connectivity index (χ1n) is 10.5. The third-order valence-corrected chi connectivity index (χ3v) is 11.7. The van der Waals surface area contributed by atoms with Gasteiger partial charge in [-0.05, 0) is 30.6 Å². The molecule has 1 aliphatic heterocycles. The van der Waals surface area contributed by atoms with E-state index in [0.29, 0.717) is 42.0 Å². The lowest BCUT2D eigenvalue weighted by Gasteiger charge is -2.36. The third-order valence-electron chi connectivity index (χ3n) is 6.37. The lowest BCUT2D eigenvalue weighted by atomic mass is 9.96. The van der Waals surface area contributed by atoms with E-state index in [2.05, 4.69) is 44.2 Å². The number of benzene rings is 1. The fourth-order valence-electron chi connectivity index (χ4n) is 3.53. The van der Waals surface area contributed by atoms with Gasteiger partial charge >= 0.3 is 0 Å². The van der Waals surface area contributed by atoms with E-state index in [1.807, 2.05) is 6.92 Å². The van der Waals surface area contributed by atoms with Crippen LogP contribution in [0.2, 0.25) is 28.2 Å². The number of aromatic nitrogens is 1. The van der Waals surface area contributed by atoms with Gasteiger partial charge in [-0.3, -0.25) is 4.79 Å². The van der Waals surface area contributed by atoms with Crippen LogP contribution < -0.4 is 10.1 Å². The number of aromatic amines is 1. The van der Waals surface area contributed by atoms with Crippen molar-refractivity contribution in [1.29, 1.82) is 0 Å². The van der Waals surface area contributed by atoms with Gasteiger partial charge in [0.1, 0.15) is 5.75 Å². The van der Waals surface area contributed by atoms with Crippen LogP contribution in [-0.2, 0) is 15.6 Å². The highest BCUT2D eigenvalue weighted by Gasteiger charge is 2.36. The molecule has 2 aromatic rings. The maximum atomic E-state index is 12.4. The molecule has 1 unspecified atom stereocenters. The smallest absolute Gasteiger partial charge is 0.227 e. The zero-order valence-electron chi connectivity index (χ0n) is 18.7. The van der Waals surface area contributed by atoms with Crippen LogP contribution in [0.5, 0.6) is 5.75 Å². The highest BCUT2D eigenvalue weighted by atomic mass is 35.5. The van der Waals surface area contributed by atoms with Crippen molar-refractivity contribution in [3.05, 3.63) is 27.4 Å². The molecule has 3 rings (SSSR count). The van der Waals surface area contributed by atoms with Gasteiger partial charge in [-0.2, -0.15) is 0 Å². The largest absolute Gasteiger partial charge is 0.493 e. The summed E-state index contributed by atoms with van der Waals surface area (Å²) in [5.74, 6) is 0.373. The molecule has 0 aliphatic carbocycles. The van der Waals surface area contributed by atoms with Crippen LogP contribution in [0.1, 0.15) is 51.3 Å². The van der Waals surface area contributed by atoms with E-state index in [9.17, 15) is 4.79 Å². The van der Waals surface area contributed by atoms with Crippen LogP contribution in [-0.4, -0.2) is 39.0 Å². The van der Waals surface area contributed by atoms with Gasteiger partial charge in [0.25, 0.3) is 0 Å². The summed E-state index contributed by atoms with van der Waals surface area (Å²) in [5, 5.41) is 4.89. The highest BCUT2D eigenvalue weighted by molar-refractivity contribution is 6.74. The topological polar surface area (TPSA) is 63.4 Å². The molecule has 1 aromatic carbocycles. The minimum Gasteiger partial charge on any atom is -0.493 e. The zero-order valence-corrected chi connectivity index (χ0v) is 21.2. The van der Waals surface area contributed by atoms with Gasteiger partial charge in [0.05, 0.1) is 28.1 Å². The van der Waals surface area contributed by atoms with Gasteiger partial charge in [0, 0.05) is 43.1 Å². The van der Waals surface area contributed by atoms with E-state index >= 15 is 0 Å². The Morgan fingerprint density at radius 1 is 1.23 bits per heavy atom. The van der Waals surface area contributed by atoms with Crippen molar-refractivity contribution < 1.29 is 14.0 Å². The molecule has 2 heterocycles. The molecule has 0 fully saturated rings. The van der Waals surface area contributed by atoms with Crippen LogP contribution in [0.3, 0.4) is 0 Å². The molecule has 1 amide bonds. The molecular weight excluding hydrogens is 439 g/mol. The van der Waals surface area contributed by atoms with Gasteiger partial charge in [-0.25, -0.2) is 0 Å². The van der Waals surface area contributed by atoms with Crippen LogP contribution in [0, 0.1) is 0 Å². The quantitative estimate of drug-likeness (QED) is 0.399. The highest BCUT2D eigenvalue weighted by Crippen LogP contribution is 2.43. The van der Waals surface area contributed by atoms with Crippen LogP contribution in [0.15, 0.2) is 6.07 Å². The minimum absolute atomic E-state index is 0.00874. The second kappa shape index (κ2) is 8.73. The van der Waals surface area contributed by atoms with Gasteiger partial charge in [0.2, 0.25) is 5.91 Å².